The summed E-state index contributed by atoms with van der Waals surface area (Å²) < 4.78 is 14.3. The predicted molar refractivity (Wildman–Crippen MR) is 74.9 cm³/mol. The fraction of sp³-hybridized carbons (Fsp3) is 0.0714. The van der Waals surface area contributed by atoms with Gasteiger partial charge in [-0.2, -0.15) is 0 Å². The largest absolute Gasteiger partial charge is 0.508 e. The first-order valence-corrected chi connectivity index (χ1v) is 6.30. The molecule has 0 fully saturated rings. The zero-order chi connectivity index (χ0) is 14.0. The normalized spacial score (nSPS) is 10.3. The van der Waals surface area contributed by atoms with Crippen LogP contribution in [0, 0.1) is 5.82 Å². The van der Waals surface area contributed by atoms with Crippen molar-refractivity contribution >= 4 is 27.5 Å². The van der Waals surface area contributed by atoms with Gasteiger partial charge in [-0.15, -0.1) is 0 Å². The molecule has 3 nitrogen and oxygen atoms in total. The van der Waals surface area contributed by atoms with Gasteiger partial charge in [-0.3, -0.25) is 4.79 Å². The second-order valence-corrected chi connectivity index (χ2v) is 4.92. The van der Waals surface area contributed by atoms with E-state index in [4.69, 9.17) is 0 Å². The molecule has 1 N–H and O–H groups in total. The van der Waals surface area contributed by atoms with Gasteiger partial charge in [0.2, 0.25) is 0 Å². The van der Waals surface area contributed by atoms with Crippen molar-refractivity contribution in [3.8, 4) is 5.75 Å². The lowest BCUT2D eigenvalue weighted by atomic mass is 10.1. The van der Waals surface area contributed by atoms with Crippen LogP contribution in [0.1, 0.15) is 10.4 Å². The molecule has 0 atom stereocenters. The SMILES string of the molecule is CN(C(=O)c1ccc(Br)cc1F)c1ccc(O)cc1. The van der Waals surface area contributed by atoms with Crippen LogP contribution in [0.25, 0.3) is 0 Å². The maximum atomic E-state index is 13.7. The molecule has 0 aromatic heterocycles. The number of benzene rings is 2. The molecule has 0 saturated heterocycles. The first-order chi connectivity index (χ1) is 8.99. The van der Waals surface area contributed by atoms with E-state index in [1.807, 2.05) is 0 Å². The van der Waals surface area contributed by atoms with Gasteiger partial charge < -0.3 is 10.0 Å². The maximum absolute atomic E-state index is 13.7. The number of hydrogen-bond acceptors (Lipinski definition) is 2. The molecule has 98 valence electrons. The number of nitrogens with zero attached hydrogens (tertiary/aromatic N) is 1. The quantitative estimate of drug-likeness (QED) is 0.917. The maximum Gasteiger partial charge on any atom is 0.260 e. The number of phenols is 1. The van der Waals surface area contributed by atoms with Crippen molar-refractivity contribution in [2.75, 3.05) is 11.9 Å². The van der Waals surface area contributed by atoms with Gasteiger partial charge in [0.1, 0.15) is 11.6 Å². The Morgan fingerprint density at radius 2 is 1.84 bits per heavy atom. The Labute approximate surface area is 118 Å². The topological polar surface area (TPSA) is 40.5 Å². The fourth-order valence-electron chi connectivity index (χ4n) is 1.64. The summed E-state index contributed by atoms with van der Waals surface area (Å²) in [5, 5.41) is 9.20. The summed E-state index contributed by atoms with van der Waals surface area (Å²) in [7, 11) is 1.55. The van der Waals surface area contributed by atoms with E-state index < -0.39 is 11.7 Å². The Kier molecular flexibility index (Phi) is 3.85. The number of carbonyl (C=O) groups excluding carboxylic acids is 1. The molecular formula is C14H11BrFNO2. The number of anilines is 1. The minimum atomic E-state index is -0.579. The number of halogens is 2. The number of hydrogen-bond donors (Lipinski definition) is 1. The number of aromatic hydroxyl groups is 1. The van der Waals surface area contributed by atoms with E-state index in [-0.39, 0.29) is 11.3 Å². The van der Waals surface area contributed by atoms with Gasteiger partial charge in [0.15, 0.2) is 0 Å². The number of rotatable bonds is 2. The highest BCUT2D eigenvalue weighted by atomic mass is 79.9. The third kappa shape index (κ3) is 2.93. The van der Waals surface area contributed by atoms with E-state index in [1.165, 1.54) is 29.2 Å². The van der Waals surface area contributed by atoms with Crippen molar-refractivity contribution in [1.82, 2.24) is 0 Å². The van der Waals surface area contributed by atoms with Gasteiger partial charge in [-0.25, -0.2) is 4.39 Å². The molecule has 2 aromatic carbocycles. The van der Waals surface area contributed by atoms with Crippen molar-refractivity contribution in [2.24, 2.45) is 0 Å². The summed E-state index contributed by atoms with van der Waals surface area (Å²) in [5.41, 5.74) is 0.573. The van der Waals surface area contributed by atoms with Gasteiger partial charge in [0, 0.05) is 17.2 Å². The summed E-state index contributed by atoms with van der Waals surface area (Å²) in [5.74, 6) is -0.917. The van der Waals surface area contributed by atoms with E-state index in [1.54, 1.807) is 25.2 Å². The van der Waals surface area contributed by atoms with Crippen LogP contribution in [-0.4, -0.2) is 18.1 Å². The lowest BCUT2D eigenvalue weighted by Gasteiger charge is -2.17. The summed E-state index contributed by atoms with van der Waals surface area (Å²) in [6, 6.07) is 10.4. The van der Waals surface area contributed by atoms with E-state index in [0.29, 0.717) is 10.2 Å². The zero-order valence-corrected chi connectivity index (χ0v) is 11.7. The molecule has 0 spiro atoms. The lowest BCUT2D eigenvalue weighted by Crippen LogP contribution is -2.27. The number of phenolic OH excluding ortho intramolecular Hbond substituents is 1. The number of amides is 1. The van der Waals surface area contributed by atoms with Crippen LogP contribution in [0.2, 0.25) is 0 Å². The highest BCUT2D eigenvalue weighted by Gasteiger charge is 2.17. The average Bonchev–Trinajstić information content (AvgIpc) is 2.38. The second-order valence-electron chi connectivity index (χ2n) is 4.00. The molecule has 0 bridgehead atoms. The molecule has 19 heavy (non-hydrogen) atoms. The van der Waals surface area contributed by atoms with Crippen LogP contribution >= 0.6 is 15.9 Å². The molecule has 2 rings (SSSR count). The highest BCUT2D eigenvalue weighted by molar-refractivity contribution is 9.10. The zero-order valence-electron chi connectivity index (χ0n) is 10.1. The van der Waals surface area contributed by atoms with E-state index in [9.17, 15) is 14.3 Å². The molecule has 0 aliphatic heterocycles. The van der Waals surface area contributed by atoms with Crippen molar-refractivity contribution < 1.29 is 14.3 Å². The Morgan fingerprint density at radius 1 is 1.21 bits per heavy atom. The Hall–Kier alpha value is -1.88. The van der Waals surface area contributed by atoms with Gasteiger partial charge >= 0.3 is 0 Å². The molecule has 0 radical (unpaired) electrons. The second kappa shape index (κ2) is 5.40. The van der Waals surface area contributed by atoms with Crippen LogP contribution in [0.3, 0.4) is 0 Å². The monoisotopic (exact) mass is 323 g/mol. The van der Waals surface area contributed by atoms with Crippen LogP contribution < -0.4 is 4.90 Å². The minimum Gasteiger partial charge on any atom is -0.508 e. The summed E-state index contributed by atoms with van der Waals surface area (Å²) in [6.07, 6.45) is 0. The van der Waals surface area contributed by atoms with E-state index in [0.717, 1.165) is 0 Å². The third-order valence-corrected chi connectivity index (χ3v) is 3.20. The standard InChI is InChI=1S/C14H11BrFNO2/c1-17(10-3-5-11(18)6-4-10)14(19)12-7-2-9(15)8-13(12)16/h2-8,18H,1H3. The van der Waals surface area contributed by atoms with Crippen LogP contribution in [0.5, 0.6) is 5.75 Å². The summed E-state index contributed by atoms with van der Waals surface area (Å²) in [6.45, 7) is 0. The van der Waals surface area contributed by atoms with Gasteiger partial charge in [-0.1, -0.05) is 15.9 Å². The Balaban J connectivity index is 2.30. The molecule has 0 aliphatic carbocycles. The van der Waals surface area contributed by atoms with E-state index >= 15 is 0 Å². The molecule has 0 aliphatic rings. The Morgan fingerprint density at radius 3 is 2.42 bits per heavy atom. The number of carbonyl (C=O) groups is 1. The first-order valence-electron chi connectivity index (χ1n) is 5.51. The molecule has 0 saturated carbocycles. The van der Waals surface area contributed by atoms with Crippen LogP contribution in [0.15, 0.2) is 46.9 Å². The predicted octanol–water partition coefficient (Wildman–Crippen LogP) is 3.57. The van der Waals surface area contributed by atoms with E-state index in [2.05, 4.69) is 15.9 Å². The van der Waals surface area contributed by atoms with Gasteiger partial charge in [0.25, 0.3) is 5.91 Å². The molecule has 0 unspecified atom stereocenters. The molecule has 0 heterocycles. The summed E-state index contributed by atoms with van der Waals surface area (Å²) >= 11 is 3.14. The third-order valence-electron chi connectivity index (χ3n) is 2.70. The lowest BCUT2D eigenvalue weighted by molar-refractivity contribution is 0.0989. The van der Waals surface area contributed by atoms with Crippen molar-refractivity contribution in [1.29, 1.82) is 0 Å². The van der Waals surface area contributed by atoms with Crippen LogP contribution in [0.4, 0.5) is 10.1 Å². The fourth-order valence-corrected chi connectivity index (χ4v) is 1.97. The average molecular weight is 324 g/mol. The first kappa shape index (κ1) is 13.5. The van der Waals surface area contributed by atoms with Gasteiger partial charge in [0.05, 0.1) is 5.56 Å². The Bertz CT molecular complexity index is 613. The van der Waals surface area contributed by atoms with Crippen molar-refractivity contribution in [2.45, 2.75) is 0 Å². The molecule has 1 amide bonds. The molecular weight excluding hydrogens is 313 g/mol. The summed E-state index contributed by atoms with van der Waals surface area (Å²) in [4.78, 5) is 13.5. The van der Waals surface area contributed by atoms with Crippen LogP contribution in [-0.2, 0) is 0 Å². The molecule has 2 aromatic rings. The smallest absolute Gasteiger partial charge is 0.260 e. The van der Waals surface area contributed by atoms with Crippen molar-refractivity contribution in [3.63, 3.8) is 0 Å². The molecule has 5 heteroatoms. The van der Waals surface area contributed by atoms with Crippen molar-refractivity contribution in [3.05, 3.63) is 58.3 Å². The van der Waals surface area contributed by atoms with Gasteiger partial charge in [-0.05, 0) is 42.5 Å². The highest BCUT2D eigenvalue weighted by Crippen LogP contribution is 2.21. The minimum absolute atomic E-state index is 0.00113.